The summed E-state index contributed by atoms with van der Waals surface area (Å²) in [7, 11) is 0. The lowest BCUT2D eigenvalue weighted by atomic mass is 9.92. The molecule has 0 spiro atoms. The van der Waals surface area contributed by atoms with Gasteiger partial charge < -0.3 is 20.1 Å². The molecule has 0 amide bonds. The van der Waals surface area contributed by atoms with Crippen molar-refractivity contribution in [2.45, 2.75) is 51.1 Å². The Hall–Kier alpha value is -2.95. The molecule has 0 saturated carbocycles. The van der Waals surface area contributed by atoms with Crippen LogP contribution in [0, 0.1) is 0 Å². The van der Waals surface area contributed by atoms with Crippen molar-refractivity contribution in [3.8, 4) is 11.5 Å². The minimum atomic E-state index is 0. The van der Waals surface area contributed by atoms with Gasteiger partial charge in [-0.3, -0.25) is 0 Å². The van der Waals surface area contributed by atoms with Crippen LogP contribution in [-0.4, -0.2) is 22.3 Å². The maximum absolute atomic E-state index is 9.45. The van der Waals surface area contributed by atoms with E-state index in [0.29, 0.717) is 12.4 Å². The second kappa shape index (κ2) is 11.0. The summed E-state index contributed by atoms with van der Waals surface area (Å²) < 4.78 is 8.64. The molecule has 5 rings (SSSR count). The van der Waals surface area contributed by atoms with Crippen LogP contribution in [0.25, 0.3) is 10.9 Å². The van der Waals surface area contributed by atoms with Gasteiger partial charge in [-0.15, -0.1) is 12.4 Å². The molecule has 0 bridgehead atoms. The van der Waals surface area contributed by atoms with Crippen LogP contribution < -0.4 is 10.5 Å². The van der Waals surface area contributed by atoms with Crippen LogP contribution in [0.15, 0.2) is 72.8 Å². The molecule has 4 aromatic rings. The topological polar surface area (TPSA) is 60.4 Å². The van der Waals surface area contributed by atoms with Crippen molar-refractivity contribution in [1.29, 1.82) is 0 Å². The van der Waals surface area contributed by atoms with Gasteiger partial charge in [-0.05, 0) is 79.1 Å². The van der Waals surface area contributed by atoms with Gasteiger partial charge in [0.05, 0.1) is 6.61 Å². The zero-order valence-corrected chi connectivity index (χ0v) is 20.3. The van der Waals surface area contributed by atoms with Gasteiger partial charge in [0.25, 0.3) is 0 Å². The number of fused-ring (bicyclic) bond motifs is 3. The molecule has 5 heteroatoms. The summed E-state index contributed by atoms with van der Waals surface area (Å²) in [5.74, 6) is 1.20. The molecule has 1 heterocycles. The standard InChI is InChI=1S/C29H32N2O2.ClH/c30-23-10-14-28-26(19-23)27-20-25(33-18-16-22-8-11-24(32)12-9-22)13-15-29(27)31(28)17-4-7-21-5-2-1-3-6-21;/h1-3,5-6,8-9,11-13,15,20,23,32H,4,7,10,14,16-19,30H2;1H. The molecule has 1 aromatic heterocycles. The fourth-order valence-corrected chi connectivity index (χ4v) is 5.04. The van der Waals surface area contributed by atoms with Gasteiger partial charge >= 0.3 is 0 Å². The molecule has 4 nitrogen and oxygen atoms in total. The highest BCUT2D eigenvalue weighted by molar-refractivity contribution is 5.87. The Morgan fingerprint density at radius 1 is 0.941 bits per heavy atom. The first-order valence-corrected chi connectivity index (χ1v) is 12.0. The van der Waals surface area contributed by atoms with Crippen LogP contribution in [-0.2, 0) is 32.2 Å². The van der Waals surface area contributed by atoms with Crippen LogP contribution in [0.1, 0.15) is 35.2 Å². The van der Waals surface area contributed by atoms with Crippen LogP contribution in [0.3, 0.4) is 0 Å². The molecule has 0 saturated heterocycles. The Kier molecular flexibility index (Phi) is 7.81. The molecule has 3 aromatic carbocycles. The molecule has 1 unspecified atom stereocenters. The molecule has 34 heavy (non-hydrogen) atoms. The van der Waals surface area contributed by atoms with Crippen molar-refractivity contribution in [3.63, 3.8) is 0 Å². The molecule has 0 radical (unpaired) electrons. The number of benzene rings is 3. The predicted octanol–water partition coefficient (Wildman–Crippen LogP) is 5.84. The Balaban J connectivity index is 0.00000274. The van der Waals surface area contributed by atoms with E-state index in [1.165, 1.54) is 27.7 Å². The fourth-order valence-electron chi connectivity index (χ4n) is 5.04. The van der Waals surface area contributed by atoms with Crippen LogP contribution in [0.4, 0.5) is 0 Å². The molecular formula is C29H33ClN2O2. The van der Waals surface area contributed by atoms with Crippen molar-refractivity contribution >= 4 is 23.3 Å². The number of aromatic nitrogens is 1. The molecule has 178 valence electrons. The highest BCUT2D eigenvalue weighted by Gasteiger charge is 2.23. The van der Waals surface area contributed by atoms with E-state index in [-0.39, 0.29) is 18.4 Å². The number of phenolic OH excluding ortho intramolecular Hbond substituents is 1. The largest absolute Gasteiger partial charge is 0.508 e. The molecule has 1 atom stereocenters. The molecule has 0 aliphatic heterocycles. The average molecular weight is 477 g/mol. The molecule has 1 aliphatic carbocycles. The van der Waals surface area contributed by atoms with Crippen molar-refractivity contribution in [3.05, 3.63) is 95.2 Å². The Bertz CT molecular complexity index is 1220. The number of phenols is 1. The maximum atomic E-state index is 9.45. The number of halogens is 1. The van der Waals surface area contributed by atoms with E-state index < -0.39 is 0 Å². The third-order valence-electron chi connectivity index (χ3n) is 6.76. The van der Waals surface area contributed by atoms with Crippen LogP contribution >= 0.6 is 12.4 Å². The van der Waals surface area contributed by atoms with Crippen molar-refractivity contribution in [2.75, 3.05) is 6.61 Å². The van der Waals surface area contributed by atoms with E-state index in [0.717, 1.165) is 56.4 Å². The van der Waals surface area contributed by atoms with E-state index in [2.05, 4.69) is 53.1 Å². The molecule has 3 N–H and O–H groups in total. The zero-order valence-electron chi connectivity index (χ0n) is 19.5. The van der Waals surface area contributed by atoms with Crippen molar-refractivity contribution < 1.29 is 9.84 Å². The predicted molar refractivity (Wildman–Crippen MR) is 141 cm³/mol. The quantitative estimate of drug-likeness (QED) is 0.336. The number of rotatable bonds is 8. The lowest BCUT2D eigenvalue weighted by Gasteiger charge is -2.21. The summed E-state index contributed by atoms with van der Waals surface area (Å²) in [6.45, 7) is 1.63. The Morgan fingerprint density at radius 3 is 2.50 bits per heavy atom. The van der Waals surface area contributed by atoms with Gasteiger partial charge in [-0.25, -0.2) is 0 Å². The summed E-state index contributed by atoms with van der Waals surface area (Å²) >= 11 is 0. The normalized spacial score (nSPS) is 15.0. The summed E-state index contributed by atoms with van der Waals surface area (Å²) in [6.07, 6.45) is 6.06. The first-order valence-electron chi connectivity index (χ1n) is 12.0. The second-order valence-corrected chi connectivity index (χ2v) is 9.11. The minimum Gasteiger partial charge on any atom is -0.508 e. The van der Waals surface area contributed by atoms with Crippen LogP contribution in [0.2, 0.25) is 0 Å². The van der Waals surface area contributed by atoms with Gasteiger partial charge in [-0.1, -0.05) is 42.5 Å². The lowest BCUT2D eigenvalue weighted by molar-refractivity contribution is 0.322. The van der Waals surface area contributed by atoms with E-state index >= 15 is 0 Å². The zero-order chi connectivity index (χ0) is 22.6. The third-order valence-corrected chi connectivity index (χ3v) is 6.76. The molecular weight excluding hydrogens is 444 g/mol. The SMILES string of the molecule is Cl.NC1CCc2c(c3cc(OCCc4ccc(O)cc4)ccc3n2CCCc2ccccc2)C1. The monoisotopic (exact) mass is 476 g/mol. The summed E-state index contributed by atoms with van der Waals surface area (Å²) in [5, 5.41) is 10.7. The van der Waals surface area contributed by atoms with Crippen molar-refractivity contribution in [2.24, 2.45) is 5.73 Å². The number of nitrogens with two attached hydrogens (primary N) is 1. The number of aromatic hydroxyl groups is 1. The van der Waals surface area contributed by atoms with Gasteiger partial charge in [0.1, 0.15) is 11.5 Å². The number of ether oxygens (including phenoxy) is 1. The van der Waals surface area contributed by atoms with E-state index in [1.807, 2.05) is 12.1 Å². The Labute approximate surface area is 207 Å². The maximum Gasteiger partial charge on any atom is 0.120 e. The van der Waals surface area contributed by atoms with E-state index in [9.17, 15) is 5.11 Å². The number of nitrogens with zero attached hydrogens (tertiary/aromatic N) is 1. The minimum absolute atomic E-state index is 0. The summed E-state index contributed by atoms with van der Waals surface area (Å²) in [4.78, 5) is 0. The molecule has 0 fully saturated rings. The molecule has 1 aliphatic rings. The van der Waals surface area contributed by atoms with Gasteiger partial charge in [-0.2, -0.15) is 0 Å². The number of hydrogen-bond donors (Lipinski definition) is 2. The number of hydrogen-bond acceptors (Lipinski definition) is 3. The lowest BCUT2D eigenvalue weighted by Crippen LogP contribution is -2.28. The van der Waals surface area contributed by atoms with Crippen molar-refractivity contribution in [1.82, 2.24) is 4.57 Å². The Morgan fingerprint density at radius 2 is 1.71 bits per heavy atom. The second-order valence-electron chi connectivity index (χ2n) is 9.11. The summed E-state index contributed by atoms with van der Waals surface area (Å²) in [6, 6.07) is 24.8. The number of aryl methyl sites for hydroxylation is 2. The highest BCUT2D eigenvalue weighted by atomic mass is 35.5. The fraction of sp³-hybridized carbons (Fsp3) is 0.310. The van der Waals surface area contributed by atoms with E-state index in [1.54, 1.807) is 12.1 Å². The summed E-state index contributed by atoms with van der Waals surface area (Å²) in [5.41, 5.74) is 13.1. The third kappa shape index (κ3) is 5.40. The first-order chi connectivity index (χ1) is 16.2. The van der Waals surface area contributed by atoms with Gasteiger partial charge in [0.2, 0.25) is 0 Å². The first kappa shape index (κ1) is 24.2. The smallest absolute Gasteiger partial charge is 0.120 e. The van der Waals surface area contributed by atoms with Crippen LogP contribution in [0.5, 0.6) is 11.5 Å². The van der Waals surface area contributed by atoms with E-state index in [4.69, 9.17) is 10.5 Å². The van der Waals surface area contributed by atoms with Gasteiger partial charge in [0, 0.05) is 35.6 Å². The van der Waals surface area contributed by atoms with Gasteiger partial charge in [0.15, 0.2) is 0 Å². The highest BCUT2D eigenvalue weighted by Crippen LogP contribution is 2.34. The average Bonchev–Trinajstić information content (AvgIpc) is 3.13.